The van der Waals surface area contributed by atoms with Crippen LogP contribution >= 0.6 is 0 Å². The Labute approximate surface area is 156 Å². The summed E-state index contributed by atoms with van der Waals surface area (Å²) in [7, 11) is 0. The molecule has 0 unspecified atom stereocenters. The minimum atomic E-state index is -4.46. The maximum Gasteiger partial charge on any atom is 0.417 e. The van der Waals surface area contributed by atoms with Crippen LogP contribution in [-0.2, 0) is 6.18 Å². The zero-order valence-corrected chi connectivity index (χ0v) is 14.3. The Kier molecular flexibility index (Phi) is 4.29. The maximum absolute atomic E-state index is 12.5. The van der Waals surface area contributed by atoms with Crippen molar-refractivity contribution < 1.29 is 27.1 Å². The number of likely N-dealkylation sites (tertiary alicyclic amines) is 1. The van der Waals surface area contributed by atoms with E-state index in [9.17, 15) is 22.8 Å². The molecule has 2 aromatic heterocycles. The lowest BCUT2D eigenvalue weighted by molar-refractivity contribution is -0.137. The summed E-state index contributed by atoms with van der Waals surface area (Å²) in [6, 6.07) is 9.78. The highest BCUT2D eigenvalue weighted by atomic mass is 19.4. The van der Waals surface area contributed by atoms with Crippen molar-refractivity contribution in [3.63, 3.8) is 0 Å². The molecule has 6 nitrogen and oxygen atoms in total. The zero-order valence-electron chi connectivity index (χ0n) is 14.3. The fourth-order valence-corrected chi connectivity index (χ4v) is 2.83. The first-order chi connectivity index (χ1) is 13.3. The van der Waals surface area contributed by atoms with Crippen LogP contribution in [0.15, 0.2) is 57.9 Å². The van der Waals surface area contributed by atoms with Gasteiger partial charge in [-0.1, -0.05) is 12.1 Å². The van der Waals surface area contributed by atoms with Crippen LogP contribution in [0.3, 0.4) is 0 Å². The number of halogens is 3. The summed E-state index contributed by atoms with van der Waals surface area (Å²) in [6.45, 7) is 0.413. The molecule has 0 N–H and O–H groups in total. The van der Waals surface area contributed by atoms with E-state index in [0.717, 1.165) is 18.2 Å². The van der Waals surface area contributed by atoms with Gasteiger partial charge < -0.3 is 14.1 Å². The standard InChI is InChI=1S/C19H13F3N2O4/c20-19(21,22)11-5-6-17(23-8-11)27-12-9-24(10-12)18(26)16-7-14(25)13-3-1-2-4-15(13)28-16/h1-8,12H,9-10H2. The van der Waals surface area contributed by atoms with Crippen molar-refractivity contribution in [1.29, 1.82) is 0 Å². The molecule has 3 aromatic rings. The van der Waals surface area contributed by atoms with Crippen LogP contribution in [0.1, 0.15) is 16.1 Å². The number of alkyl halides is 3. The minimum Gasteiger partial charge on any atom is -0.471 e. The van der Waals surface area contributed by atoms with Crippen LogP contribution in [0, 0.1) is 0 Å². The number of hydrogen-bond donors (Lipinski definition) is 0. The van der Waals surface area contributed by atoms with Crippen molar-refractivity contribution >= 4 is 16.9 Å². The first kappa shape index (κ1) is 18.0. The molecule has 28 heavy (non-hydrogen) atoms. The molecule has 1 saturated heterocycles. The normalized spacial score (nSPS) is 14.8. The van der Waals surface area contributed by atoms with Gasteiger partial charge in [0.05, 0.1) is 24.0 Å². The molecule has 1 aliphatic heterocycles. The van der Waals surface area contributed by atoms with E-state index in [2.05, 4.69) is 4.98 Å². The van der Waals surface area contributed by atoms with Crippen LogP contribution in [0.2, 0.25) is 0 Å². The molecule has 0 bridgehead atoms. The minimum absolute atomic E-state index is 0.0438. The van der Waals surface area contributed by atoms with Gasteiger partial charge in [-0.2, -0.15) is 13.2 Å². The number of amides is 1. The second-order valence-electron chi connectivity index (χ2n) is 6.30. The second-order valence-corrected chi connectivity index (χ2v) is 6.30. The molecule has 0 spiro atoms. The van der Waals surface area contributed by atoms with Gasteiger partial charge in [0.1, 0.15) is 11.7 Å². The number of hydrogen-bond acceptors (Lipinski definition) is 5. The molecule has 0 aliphatic carbocycles. The lowest BCUT2D eigenvalue weighted by Gasteiger charge is -2.38. The van der Waals surface area contributed by atoms with Crippen LogP contribution in [0.4, 0.5) is 13.2 Å². The van der Waals surface area contributed by atoms with Crippen molar-refractivity contribution in [1.82, 2.24) is 9.88 Å². The lowest BCUT2D eigenvalue weighted by Crippen LogP contribution is -2.56. The van der Waals surface area contributed by atoms with Crippen molar-refractivity contribution in [2.24, 2.45) is 0 Å². The number of fused-ring (bicyclic) bond motifs is 1. The molecule has 0 atom stereocenters. The summed E-state index contributed by atoms with van der Waals surface area (Å²) in [6.07, 6.45) is -4.17. The number of para-hydroxylation sites is 1. The summed E-state index contributed by atoms with van der Waals surface area (Å²) in [5.41, 5.74) is -0.857. The van der Waals surface area contributed by atoms with Crippen molar-refractivity contribution in [3.8, 4) is 5.88 Å². The molecule has 9 heteroatoms. The fraction of sp³-hybridized carbons (Fsp3) is 0.211. The summed E-state index contributed by atoms with van der Waals surface area (Å²) in [5.74, 6) is -0.486. The molecule has 4 rings (SSSR count). The molecule has 1 amide bonds. The topological polar surface area (TPSA) is 72.6 Å². The smallest absolute Gasteiger partial charge is 0.417 e. The fourth-order valence-electron chi connectivity index (χ4n) is 2.83. The number of benzene rings is 1. The number of pyridine rings is 1. The predicted molar refractivity (Wildman–Crippen MR) is 92.0 cm³/mol. The molecule has 144 valence electrons. The molecule has 0 saturated carbocycles. The number of carbonyl (C=O) groups excluding carboxylic acids is 1. The Hall–Kier alpha value is -3.36. The first-order valence-corrected chi connectivity index (χ1v) is 8.33. The van der Waals surface area contributed by atoms with Gasteiger partial charge in [-0.25, -0.2) is 4.98 Å². The number of rotatable bonds is 3. The third-order valence-corrected chi connectivity index (χ3v) is 4.33. The number of nitrogens with zero attached hydrogens (tertiary/aromatic N) is 2. The van der Waals surface area contributed by atoms with Gasteiger partial charge in [0.2, 0.25) is 5.88 Å². The molecule has 3 heterocycles. The predicted octanol–water partition coefficient (Wildman–Crippen LogP) is 3.11. The molecule has 1 fully saturated rings. The summed E-state index contributed by atoms with van der Waals surface area (Å²) < 4.78 is 48.6. The summed E-state index contributed by atoms with van der Waals surface area (Å²) >= 11 is 0. The van der Waals surface area contributed by atoms with E-state index in [1.807, 2.05) is 0 Å². The molecular weight excluding hydrogens is 377 g/mol. The van der Waals surface area contributed by atoms with Gasteiger partial charge in [0.25, 0.3) is 5.91 Å². The quantitative estimate of drug-likeness (QED) is 0.687. The molecule has 0 radical (unpaired) electrons. The first-order valence-electron chi connectivity index (χ1n) is 8.33. The molecule has 1 aromatic carbocycles. The zero-order chi connectivity index (χ0) is 19.9. The Balaban J connectivity index is 1.40. The van der Waals surface area contributed by atoms with Gasteiger partial charge in [0, 0.05) is 18.3 Å². The van der Waals surface area contributed by atoms with Crippen LogP contribution < -0.4 is 10.2 Å². The average molecular weight is 390 g/mol. The van der Waals surface area contributed by atoms with E-state index in [1.54, 1.807) is 24.3 Å². The van der Waals surface area contributed by atoms with Crippen LogP contribution in [0.25, 0.3) is 11.0 Å². The van der Waals surface area contributed by atoms with Crippen molar-refractivity contribution in [2.45, 2.75) is 12.3 Å². The highest BCUT2D eigenvalue weighted by Gasteiger charge is 2.35. The van der Waals surface area contributed by atoms with Gasteiger partial charge >= 0.3 is 6.18 Å². The van der Waals surface area contributed by atoms with E-state index < -0.39 is 23.8 Å². The Morgan fingerprint density at radius 3 is 2.61 bits per heavy atom. The molecule has 1 aliphatic rings. The van der Waals surface area contributed by atoms with E-state index in [0.29, 0.717) is 17.2 Å². The Morgan fingerprint density at radius 2 is 1.93 bits per heavy atom. The highest BCUT2D eigenvalue weighted by molar-refractivity contribution is 5.93. The summed E-state index contributed by atoms with van der Waals surface area (Å²) in [5, 5.41) is 0.386. The average Bonchev–Trinajstić information content (AvgIpc) is 2.63. The number of aromatic nitrogens is 1. The van der Waals surface area contributed by atoms with E-state index in [1.165, 1.54) is 4.90 Å². The second kappa shape index (κ2) is 6.66. The van der Waals surface area contributed by atoms with E-state index in [-0.39, 0.29) is 30.2 Å². The monoisotopic (exact) mass is 390 g/mol. The van der Waals surface area contributed by atoms with Crippen LogP contribution in [0.5, 0.6) is 5.88 Å². The number of carbonyl (C=O) groups is 1. The Bertz CT molecular complexity index is 1090. The van der Waals surface area contributed by atoms with Crippen molar-refractivity contribution in [3.05, 3.63) is 70.2 Å². The van der Waals surface area contributed by atoms with Gasteiger partial charge in [-0.05, 0) is 18.2 Å². The SMILES string of the molecule is O=C(c1cc(=O)c2ccccc2o1)N1CC(Oc2ccc(C(F)(F)F)cn2)C1. The largest absolute Gasteiger partial charge is 0.471 e. The van der Waals surface area contributed by atoms with Gasteiger partial charge in [0.15, 0.2) is 11.2 Å². The van der Waals surface area contributed by atoms with Crippen LogP contribution in [-0.4, -0.2) is 35.0 Å². The highest BCUT2D eigenvalue weighted by Crippen LogP contribution is 2.29. The number of ether oxygens (including phenoxy) is 1. The van der Waals surface area contributed by atoms with Gasteiger partial charge in [-0.3, -0.25) is 9.59 Å². The third-order valence-electron chi connectivity index (χ3n) is 4.33. The maximum atomic E-state index is 12.5. The van der Waals surface area contributed by atoms with E-state index >= 15 is 0 Å². The van der Waals surface area contributed by atoms with E-state index in [4.69, 9.17) is 9.15 Å². The Morgan fingerprint density at radius 1 is 1.18 bits per heavy atom. The van der Waals surface area contributed by atoms with Crippen molar-refractivity contribution in [2.75, 3.05) is 13.1 Å². The lowest BCUT2D eigenvalue weighted by atomic mass is 10.1. The summed E-state index contributed by atoms with van der Waals surface area (Å²) in [4.78, 5) is 29.6. The van der Waals surface area contributed by atoms with Gasteiger partial charge in [-0.15, -0.1) is 0 Å². The molecular formula is C19H13F3N2O4. The third kappa shape index (κ3) is 3.42.